The van der Waals surface area contributed by atoms with Crippen LogP contribution in [0.15, 0.2) is 65.1 Å². The van der Waals surface area contributed by atoms with Crippen LogP contribution in [0.4, 0.5) is 17.1 Å². The number of allylic oxidation sites excluding steroid dienone is 3. The highest BCUT2D eigenvalue weighted by atomic mass is 35.5. The first-order chi connectivity index (χ1) is 16.5. The second kappa shape index (κ2) is 8.52. The number of rotatable bonds is 4. The van der Waals surface area contributed by atoms with Crippen molar-refractivity contribution in [2.24, 2.45) is 11.1 Å². The lowest BCUT2D eigenvalue weighted by Gasteiger charge is -2.43. The average Bonchev–Trinajstić information content (AvgIpc) is 2.78. The predicted octanol–water partition coefficient (Wildman–Crippen LogP) is 5.10. The minimum absolute atomic E-state index is 0.0451. The molecule has 0 bridgehead atoms. The van der Waals surface area contributed by atoms with Gasteiger partial charge in [-0.15, -0.1) is 0 Å². The Hall–Kier alpha value is -4.23. The van der Waals surface area contributed by atoms with E-state index in [2.05, 4.69) is 0 Å². The number of nitro groups is 2. The van der Waals surface area contributed by atoms with Crippen LogP contribution in [0, 0.1) is 37.0 Å². The number of halogens is 1. The summed E-state index contributed by atoms with van der Waals surface area (Å²) in [5.41, 5.74) is 5.99. The molecule has 0 aromatic heterocycles. The van der Waals surface area contributed by atoms with Crippen LogP contribution in [0.5, 0.6) is 0 Å². The fraction of sp³-hybridized carbons (Fsp3) is 0.250. The van der Waals surface area contributed by atoms with E-state index in [1.54, 1.807) is 6.07 Å². The molecule has 178 valence electrons. The molecule has 0 saturated carbocycles. The van der Waals surface area contributed by atoms with Crippen LogP contribution >= 0.6 is 11.6 Å². The van der Waals surface area contributed by atoms with Crippen LogP contribution in [0.25, 0.3) is 0 Å². The molecule has 4 rings (SSSR count). The zero-order valence-electron chi connectivity index (χ0n) is 18.8. The summed E-state index contributed by atoms with van der Waals surface area (Å²) in [7, 11) is 0. The Morgan fingerprint density at radius 2 is 1.77 bits per heavy atom. The van der Waals surface area contributed by atoms with Crippen molar-refractivity contribution in [3.8, 4) is 6.07 Å². The van der Waals surface area contributed by atoms with Gasteiger partial charge in [0.15, 0.2) is 5.78 Å². The molecule has 2 aromatic rings. The number of hydrogen-bond acceptors (Lipinski definition) is 8. The molecule has 2 aliphatic rings. The van der Waals surface area contributed by atoms with Gasteiger partial charge in [-0.3, -0.25) is 29.9 Å². The lowest BCUT2D eigenvalue weighted by Crippen LogP contribution is -2.42. The van der Waals surface area contributed by atoms with Crippen LogP contribution in [0.2, 0.25) is 5.02 Å². The number of carbonyl (C=O) groups excluding carboxylic acids is 1. The van der Waals surface area contributed by atoms with E-state index >= 15 is 0 Å². The first kappa shape index (κ1) is 23.9. The molecule has 0 fully saturated rings. The minimum Gasteiger partial charge on any atom is -0.384 e. The third-order valence-corrected chi connectivity index (χ3v) is 6.44. The number of nitro benzene ring substituents is 2. The first-order valence-corrected chi connectivity index (χ1v) is 11.0. The number of benzene rings is 2. The Labute approximate surface area is 205 Å². The van der Waals surface area contributed by atoms with Gasteiger partial charge >= 0.3 is 0 Å². The van der Waals surface area contributed by atoms with Gasteiger partial charge in [-0.05, 0) is 24.0 Å². The summed E-state index contributed by atoms with van der Waals surface area (Å²) < 4.78 is 0. The maximum absolute atomic E-state index is 13.5. The highest BCUT2D eigenvalue weighted by molar-refractivity contribution is 6.31. The Bertz CT molecular complexity index is 1410. The highest BCUT2D eigenvalue weighted by Crippen LogP contribution is 2.52. The molecule has 1 aliphatic carbocycles. The van der Waals surface area contributed by atoms with Crippen LogP contribution in [0.1, 0.15) is 38.2 Å². The normalized spacial score (nSPS) is 19.3. The SMILES string of the molecule is CC1(C)CC(=O)C2=C(C1)N(c1ccc(Cl)cc1[N+](=O)[O-])C(N)=C(C#N)[C@@H]2c1ccccc1[N+](=O)[O-]. The summed E-state index contributed by atoms with van der Waals surface area (Å²) in [5.74, 6) is -1.52. The van der Waals surface area contributed by atoms with Gasteiger partial charge in [0.1, 0.15) is 11.5 Å². The summed E-state index contributed by atoms with van der Waals surface area (Å²) in [6.07, 6.45) is 0.433. The van der Waals surface area contributed by atoms with Gasteiger partial charge in [-0.1, -0.05) is 43.6 Å². The Balaban J connectivity index is 2.09. The van der Waals surface area contributed by atoms with Crippen molar-refractivity contribution >= 4 is 34.4 Å². The molecule has 0 radical (unpaired) electrons. The van der Waals surface area contributed by atoms with E-state index in [0.29, 0.717) is 12.1 Å². The van der Waals surface area contributed by atoms with E-state index in [0.717, 1.165) is 0 Å². The molecule has 1 heterocycles. The number of nitrogens with zero attached hydrogens (tertiary/aromatic N) is 4. The van der Waals surface area contributed by atoms with E-state index in [9.17, 15) is 30.3 Å². The number of hydrogen-bond donors (Lipinski definition) is 1. The number of carbonyl (C=O) groups is 1. The number of anilines is 1. The number of nitrogens with two attached hydrogens (primary N) is 1. The third kappa shape index (κ3) is 4.00. The van der Waals surface area contributed by atoms with Crippen LogP contribution in [0.3, 0.4) is 0 Å². The number of para-hydroxylation sites is 1. The van der Waals surface area contributed by atoms with Crippen molar-refractivity contribution in [3.05, 3.63) is 95.9 Å². The largest absolute Gasteiger partial charge is 0.384 e. The Morgan fingerprint density at radius 1 is 1.11 bits per heavy atom. The standard InChI is InChI=1S/C24H20ClN5O5/c1-24(2)10-19-22(20(31)11-24)21(14-5-3-4-6-16(14)29(32)33)15(12-26)23(27)28(19)17-8-7-13(25)9-18(17)30(34)35/h3-9,21H,10-11,27H2,1-2H3/t21-/m0/s1. The second-order valence-corrected chi connectivity index (χ2v) is 9.62. The fourth-order valence-electron chi connectivity index (χ4n) is 4.82. The van der Waals surface area contributed by atoms with Crippen molar-refractivity contribution in [3.63, 3.8) is 0 Å². The molecule has 35 heavy (non-hydrogen) atoms. The highest BCUT2D eigenvalue weighted by Gasteiger charge is 2.47. The topological polar surface area (TPSA) is 156 Å². The van der Waals surface area contributed by atoms with Crippen molar-refractivity contribution in [1.29, 1.82) is 5.26 Å². The molecule has 0 amide bonds. The molecule has 11 heteroatoms. The van der Waals surface area contributed by atoms with Gasteiger partial charge in [-0.25, -0.2) is 0 Å². The molecule has 2 N–H and O–H groups in total. The van der Waals surface area contributed by atoms with Crippen molar-refractivity contribution < 1.29 is 14.6 Å². The zero-order valence-corrected chi connectivity index (χ0v) is 19.6. The predicted molar refractivity (Wildman–Crippen MR) is 128 cm³/mol. The molecule has 2 aromatic carbocycles. The van der Waals surface area contributed by atoms with E-state index in [1.165, 1.54) is 41.3 Å². The van der Waals surface area contributed by atoms with E-state index in [1.807, 2.05) is 19.9 Å². The van der Waals surface area contributed by atoms with Crippen molar-refractivity contribution in [2.45, 2.75) is 32.6 Å². The van der Waals surface area contributed by atoms with E-state index < -0.39 is 21.2 Å². The Morgan fingerprint density at radius 3 is 2.40 bits per heavy atom. The fourth-order valence-corrected chi connectivity index (χ4v) is 4.99. The summed E-state index contributed by atoms with van der Waals surface area (Å²) in [4.78, 5) is 37.4. The van der Waals surface area contributed by atoms with Crippen LogP contribution in [-0.2, 0) is 4.79 Å². The summed E-state index contributed by atoms with van der Waals surface area (Å²) in [6.45, 7) is 3.76. The summed E-state index contributed by atoms with van der Waals surface area (Å²) in [6, 6.07) is 11.9. The van der Waals surface area contributed by atoms with Gasteiger partial charge < -0.3 is 5.73 Å². The third-order valence-electron chi connectivity index (χ3n) is 6.20. The lowest BCUT2D eigenvalue weighted by atomic mass is 9.68. The smallest absolute Gasteiger partial charge is 0.294 e. The molecule has 1 atom stereocenters. The van der Waals surface area contributed by atoms with Gasteiger partial charge in [-0.2, -0.15) is 5.26 Å². The lowest BCUT2D eigenvalue weighted by molar-refractivity contribution is -0.385. The minimum atomic E-state index is -1.08. The number of ketones is 1. The monoisotopic (exact) mass is 493 g/mol. The maximum atomic E-state index is 13.5. The molecule has 0 spiro atoms. The van der Waals surface area contributed by atoms with E-state index in [-0.39, 0.29) is 56.8 Å². The van der Waals surface area contributed by atoms with Gasteiger partial charge in [0.2, 0.25) is 0 Å². The van der Waals surface area contributed by atoms with Gasteiger partial charge in [0.25, 0.3) is 11.4 Å². The van der Waals surface area contributed by atoms with Crippen molar-refractivity contribution in [1.82, 2.24) is 0 Å². The van der Waals surface area contributed by atoms with Gasteiger partial charge in [0, 0.05) is 40.4 Å². The molecule has 1 aliphatic heterocycles. The second-order valence-electron chi connectivity index (χ2n) is 9.19. The molecule has 0 unspecified atom stereocenters. The maximum Gasteiger partial charge on any atom is 0.294 e. The molecule has 0 saturated heterocycles. The molecular formula is C24H20ClN5O5. The van der Waals surface area contributed by atoms with Crippen LogP contribution < -0.4 is 10.6 Å². The molecule has 10 nitrogen and oxygen atoms in total. The first-order valence-electron chi connectivity index (χ1n) is 10.6. The molecular weight excluding hydrogens is 474 g/mol. The van der Waals surface area contributed by atoms with Gasteiger partial charge in [0.05, 0.1) is 27.4 Å². The van der Waals surface area contributed by atoms with Crippen molar-refractivity contribution in [2.75, 3.05) is 4.90 Å². The summed E-state index contributed by atoms with van der Waals surface area (Å²) in [5, 5.41) is 33.9. The Kier molecular flexibility index (Phi) is 5.82. The number of Topliss-reactive ketones (excluding diaryl/α,β-unsaturated/α-hetero) is 1. The van der Waals surface area contributed by atoms with Crippen LogP contribution in [-0.4, -0.2) is 15.6 Å². The van der Waals surface area contributed by atoms with E-state index in [4.69, 9.17) is 17.3 Å². The summed E-state index contributed by atoms with van der Waals surface area (Å²) >= 11 is 6.00. The zero-order chi connectivity index (χ0) is 25.7. The quantitative estimate of drug-likeness (QED) is 0.455. The number of nitriles is 1. The average molecular weight is 494 g/mol.